The van der Waals surface area contributed by atoms with Gasteiger partial charge >= 0.3 is 11.9 Å². The quantitative estimate of drug-likeness (QED) is 0.556. The van der Waals surface area contributed by atoms with Gasteiger partial charge in [-0.05, 0) is 47.6 Å². The van der Waals surface area contributed by atoms with E-state index < -0.39 is 23.9 Å². The third-order valence-corrected chi connectivity index (χ3v) is 4.34. The van der Waals surface area contributed by atoms with E-state index >= 15 is 0 Å². The summed E-state index contributed by atoms with van der Waals surface area (Å²) in [6.07, 6.45) is -0.0885. The van der Waals surface area contributed by atoms with E-state index in [1.165, 1.54) is 7.11 Å². The number of aryl methyl sites for hydroxylation is 1. The second-order valence-electron chi connectivity index (χ2n) is 4.42. The minimum absolute atomic E-state index is 0.0177. The maximum Gasteiger partial charge on any atom is 0.326 e. The molecule has 0 aliphatic heterocycles. The molecular formula is C14H16INO5. The summed E-state index contributed by atoms with van der Waals surface area (Å²) >= 11 is 2.04. The van der Waals surface area contributed by atoms with Crippen LogP contribution in [0, 0.1) is 10.5 Å². The van der Waals surface area contributed by atoms with Crippen molar-refractivity contribution in [2.75, 3.05) is 7.11 Å². The molecule has 114 valence electrons. The van der Waals surface area contributed by atoms with Gasteiger partial charge in [0.2, 0.25) is 0 Å². The molecular weight excluding hydrogens is 389 g/mol. The van der Waals surface area contributed by atoms with E-state index in [9.17, 15) is 14.4 Å². The zero-order valence-electron chi connectivity index (χ0n) is 11.7. The molecule has 0 heterocycles. The molecule has 0 radical (unpaired) electrons. The van der Waals surface area contributed by atoms with E-state index in [1.807, 2.05) is 35.6 Å². The van der Waals surface area contributed by atoms with Crippen LogP contribution in [0.15, 0.2) is 18.2 Å². The first-order chi connectivity index (χ1) is 9.86. The van der Waals surface area contributed by atoms with Crippen LogP contribution in [-0.2, 0) is 14.3 Å². The standard InChI is InChI=1S/C14H16INO5/c1-8-4-3-5-9(12(8)15)13(18)16-10(14(19)20)6-7-11(17)21-2/h3-5,10H,6-7H2,1-2H3,(H,16,18)(H,19,20)/t10-/m1/s1. The van der Waals surface area contributed by atoms with Crippen LogP contribution in [0.25, 0.3) is 0 Å². The first-order valence-electron chi connectivity index (χ1n) is 6.22. The fourth-order valence-corrected chi connectivity index (χ4v) is 2.28. The lowest BCUT2D eigenvalue weighted by Gasteiger charge is -2.15. The predicted octanol–water partition coefficient (Wildman–Crippen LogP) is 1.74. The average molecular weight is 405 g/mol. The van der Waals surface area contributed by atoms with Crippen LogP contribution >= 0.6 is 22.6 Å². The van der Waals surface area contributed by atoms with Crippen LogP contribution in [0.3, 0.4) is 0 Å². The smallest absolute Gasteiger partial charge is 0.326 e. The van der Waals surface area contributed by atoms with Crippen molar-refractivity contribution in [1.82, 2.24) is 5.32 Å². The number of aliphatic carboxylic acids is 1. The Balaban J connectivity index is 2.79. The van der Waals surface area contributed by atoms with Crippen molar-refractivity contribution >= 4 is 40.4 Å². The molecule has 7 heteroatoms. The minimum atomic E-state index is -1.19. The first kappa shape index (κ1) is 17.4. The van der Waals surface area contributed by atoms with Crippen molar-refractivity contribution in [3.63, 3.8) is 0 Å². The topological polar surface area (TPSA) is 92.7 Å². The molecule has 1 aromatic carbocycles. The number of nitrogens with one attached hydrogen (secondary N) is 1. The van der Waals surface area contributed by atoms with E-state index in [4.69, 9.17) is 5.11 Å². The normalized spacial score (nSPS) is 11.6. The summed E-state index contributed by atoms with van der Waals surface area (Å²) in [7, 11) is 1.23. The van der Waals surface area contributed by atoms with Crippen LogP contribution in [0.5, 0.6) is 0 Å². The number of rotatable bonds is 6. The van der Waals surface area contributed by atoms with Crippen LogP contribution in [0.1, 0.15) is 28.8 Å². The summed E-state index contributed by atoms with van der Waals surface area (Å²) in [6.45, 7) is 1.87. The maximum atomic E-state index is 12.2. The molecule has 0 spiro atoms. The van der Waals surface area contributed by atoms with Gasteiger partial charge in [-0.1, -0.05) is 12.1 Å². The van der Waals surface area contributed by atoms with E-state index in [0.717, 1.165) is 9.13 Å². The second kappa shape index (κ2) is 7.96. The van der Waals surface area contributed by atoms with Crippen LogP contribution in [0.4, 0.5) is 0 Å². The van der Waals surface area contributed by atoms with Crippen molar-refractivity contribution in [3.05, 3.63) is 32.9 Å². The first-order valence-corrected chi connectivity index (χ1v) is 7.30. The van der Waals surface area contributed by atoms with Crippen molar-refractivity contribution in [2.24, 2.45) is 0 Å². The Labute approximate surface area is 136 Å². The number of hydrogen-bond acceptors (Lipinski definition) is 4. The van der Waals surface area contributed by atoms with E-state index in [1.54, 1.807) is 12.1 Å². The summed E-state index contributed by atoms with van der Waals surface area (Å²) in [4.78, 5) is 34.4. The summed E-state index contributed by atoms with van der Waals surface area (Å²) in [6, 6.07) is 4.10. The van der Waals surface area contributed by atoms with Gasteiger partial charge in [0.1, 0.15) is 6.04 Å². The van der Waals surface area contributed by atoms with Gasteiger partial charge in [0.05, 0.1) is 12.7 Å². The molecule has 0 fully saturated rings. The van der Waals surface area contributed by atoms with E-state index in [0.29, 0.717) is 5.56 Å². The Hall–Kier alpha value is -1.64. The molecule has 2 N–H and O–H groups in total. The number of carbonyl (C=O) groups excluding carboxylic acids is 2. The number of esters is 1. The lowest BCUT2D eigenvalue weighted by atomic mass is 10.1. The molecule has 21 heavy (non-hydrogen) atoms. The number of amides is 1. The molecule has 6 nitrogen and oxygen atoms in total. The highest BCUT2D eigenvalue weighted by molar-refractivity contribution is 14.1. The number of methoxy groups -OCH3 is 1. The van der Waals surface area contributed by atoms with Crippen molar-refractivity contribution in [3.8, 4) is 0 Å². The van der Waals surface area contributed by atoms with Gasteiger partial charge in [0, 0.05) is 9.99 Å². The summed E-state index contributed by atoms with van der Waals surface area (Å²) in [5.41, 5.74) is 1.35. The molecule has 1 atom stereocenters. The predicted molar refractivity (Wildman–Crippen MR) is 84.0 cm³/mol. The van der Waals surface area contributed by atoms with E-state index in [2.05, 4.69) is 10.1 Å². The molecule has 0 aliphatic carbocycles. The number of carbonyl (C=O) groups is 3. The molecule has 1 aromatic rings. The van der Waals surface area contributed by atoms with Crippen molar-refractivity contribution < 1.29 is 24.2 Å². The number of ether oxygens (including phenoxy) is 1. The molecule has 0 aliphatic rings. The van der Waals surface area contributed by atoms with Crippen LogP contribution in [-0.4, -0.2) is 36.1 Å². The molecule has 1 rings (SSSR count). The highest BCUT2D eigenvalue weighted by Crippen LogP contribution is 2.17. The lowest BCUT2D eigenvalue weighted by Crippen LogP contribution is -2.41. The maximum absolute atomic E-state index is 12.2. The van der Waals surface area contributed by atoms with Crippen LogP contribution in [0.2, 0.25) is 0 Å². The van der Waals surface area contributed by atoms with Gasteiger partial charge < -0.3 is 15.2 Å². The Kier molecular flexibility index (Phi) is 6.60. The third kappa shape index (κ3) is 5.00. The largest absolute Gasteiger partial charge is 0.480 e. The van der Waals surface area contributed by atoms with Gasteiger partial charge in [0.15, 0.2) is 0 Å². The van der Waals surface area contributed by atoms with Gasteiger partial charge in [-0.3, -0.25) is 9.59 Å². The van der Waals surface area contributed by atoms with Gasteiger partial charge in [-0.25, -0.2) is 4.79 Å². The van der Waals surface area contributed by atoms with Gasteiger partial charge in [-0.2, -0.15) is 0 Å². The van der Waals surface area contributed by atoms with Crippen molar-refractivity contribution in [2.45, 2.75) is 25.8 Å². The molecule has 0 bridgehead atoms. The average Bonchev–Trinajstić information content (AvgIpc) is 2.45. The Bertz CT molecular complexity index is 558. The van der Waals surface area contributed by atoms with Crippen LogP contribution < -0.4 is 5.32 Å². The highest BCUT2D eigenvalue weighted by Gasteiger charge is 2.23. The zero-order valence-corrected chi connectivity index (χ0v) is 13.8. The number of halogens is 1. The monoisotopic (exact) mass is 405 g/mol. The number of hydrogen-bond donors (Lipinski definition) is 2. The second-order valence-corrected chi connectivity index (χ2v) is 5.49. The lowest BCUT2D eigenvalue weighted by molar-refractivity contribution is -0.142. The third-order valence-electron chi connectivity index (χ3n) is 2.90. The SMILES string of the molecule is COC(=O)CC[C@@H](NC(=O)c1cccc(C)c1I)C(=O)O. The Morgan fingerprint density at radius 1 is 1.38 bits per heavy atom. The van der Waals surface area contributed by atoms with Gasteiger partial charge in [0.25, 0.3) is 5.91 Å². The van der Waals surface area contributed by atoms with Gasteiger partial charge in [-0.15, -0.1) is 0 Å². The fraction of sp³-hybridized carbons (Fsp3) is 0.357. The molecule has 0 saturated heterocycles. The molecule has 0 aromatic heterocycles. The number of carboxylic acid groups (broad SMARTS) is 1. The molecule has 1 amide bonds. The molecule has 0 saturated carbocycles. The Morgan fingerprint density at radius 3 is 2.62 bits per heavy atom. The number of benzene rings is 1. The minimum Gasteiger partial charge on any atom is -0.480 e. The summed E-state index contributed by atoms with van der Waals surface area (Å²) < 4.78 is 5.23. The summed E-state index contributed by atoms with van der Waals surface area (Å²) in [5, 5.41) is 11.5. The van der Waals surface area contributed by atoms with E-state index in [-0.39, 0.29) is 12.8 Å². The fourth-order valence-electron chi connectivity index (χ4n) is 1.68. The molecule has 0 unspecified atom stereocenters. The zero-order chi connectivity index (χ0) is 16.0. The van der Waals surface area contributed by atoms with Crippen molar-refractivity contribution in [1.29, 1.82) is 0 Å². The summed E-state index contributed by atoms with van der Waals surface area (Å²) in [5.74, 6) is -2.17. The number of carboxylic acids is 1. The highest BCUT2D eigenvalue weighted by atomic mass is 127. The Morgan fingerprint density at radius 2 is 2.05 bits per heavy atom.